The van der Waals surface area contributed by atoms with Gasteiger partial charge in [0.1, 0.15) is 0 Å². The summed E-state index contributed by atoms with van der Waals surface area (Å²) in [6, 6.07) is 0.515. The van der Waals surface area contributed by atoms with E-state index in [-0.39, 0.29) is 11.5 Å². The molecule has 0 aromatic carbocycles. The lowest BCUT2D eigenvalue weighted by Gasteiger charge is -2.52. The van der Waals surface area contributed by atoms with Crippen LogP contribution in [0.25, 0.3) is 0 Å². The van der Waals surface area contributed by atoms with Crippen LogP contribution in [-0.2, 0) is 14.6 Å². The molecule has 2 fully saturated rings. The van der Waals surface area contributed by atoms with Crippen molar-refractivity contribution in [3.8, 4) is 0 Å². The van der Waals surface area contributed by atoms with Crippen molar-refractivity contribution in [3.05, 3.63) is 0 Å². The van der Waals surface area contributed by atoms with E-state index in [2.05, 4.69) is 19.2 Å². The molecule has 1 aliphatic heterocycles. The standard InChI is InChI=1S/C12H23NO3S/c1-12(2)10(7-11(12)16-3)13-9-5-4-6-17(14,15)8-9/h9-11,13H,4-8H2,1-3H3. The molecule has 2 rings (SSSR count). The summed E-state index contributed by atoms with van der Waals surface area (Å²) in [5, 5.41) is 3.51. The van der Waals surface area contributed by atoms with Crippen molar-refractivity contribution >= 4 is 9.84 Å². The Morgan fingerprint density at radius 1 is 1.35 bits per heavy atom. The summed E-state index contributed by atoms with van der Waals surface area (Å²) in [6.45, 7) is 4.36. The minimum absolute atomic E-state index is 0.107. The van der Waals surface area contributed by atoms with Crippen LogP contribution < -0.4 is 5.32 Å². The van der Waals surface area contributed by atoms with Gasteiger partial charge in [0.15, 0.2) is 9.84 Å². The molecule has 1 N–H and O–H groups in total. The number of hydrogen-bond donors (Lipinski definition) is 1. The first-order chi connectivity index (χ1) is 7.85. The average molecular weight is 261 g/mol. The maximum atomic E-state index is 11.6. The van der Waals surface area contributed by atoms with Crippen molar-refractivity contribution in [3.63, 3.8) is 0 Å². The van der Waals surface area contributed by atoms with E-state index in [1.807, 2.05) is 0 Å². The van der Waals surface area contributed by atoms with Gasteiger partial charge in [0.05, 0.1) is 17.6 Å². The Morgan fingerprint density at radius 2 is 2.06 bits per heavy atom. The molecule has 1 aliphatic carbocycles. The third-order valence-electron chi connectivity index (χ3n) is 4.36. The Morgan fingerprint density at radius 3 is 2.59 bits per heavy atom. The summed E-state index contributed by atoms with van der Waals surface area (Å²) in [5.74, 6) is 0.664. The van der Waals surface area contributed by atoms with Gasteiger partial charge in [-0.15, -0.1) is 0 Å². The molecule has 2 aliphatic rings. The second kappa shape index (κ2) is 4.52. The fourth-order valence-electron chi connectivity index (χ4n) is 3.01. The van der Waals surface area contributed by atoms with E-state index in [9.17, 15) is 8.42 Å². The highest BCUT2D eigenvalue weighted by atomic mass is 32.2. The highest BCUT2D eigenvalue weighted by Crippen LogP contribution is 2.42. The monoisotopic (exact) mass is 261 g/mol. The molecule has 17 heavy (non-hydrogen) atoms. The second-order valence-corrected chi connectivity index (χ2v) is 8.18. The van der Waals surface area contributed by atoms with Gasteiger partial charge in [-0.05, 0) is 19.3 Å². The third kappa shape index (κ3) is 2.66. The first kappa shape index (κ1) is 13.3. The molecular weight excluding hydrogens is 238 g/mol. The lowest BCUT2D eigenvalue weighted by atomic mass is 9.64. The summed E-state index contributed by atoms with van der Waals surface area (Å²) in [7, 11) is -1.07. The van der Waals surface area contributed by atoms with E-state index in [1.165, 1.54) is 0 Å². The van der Waals surface area contributed by atoms with Crippen LogP contribution in [0.2, 0.25) is 0 Å². The molecule has 0 aromatic heterocycles. The third-order valence-corrected chi connectivity index (χ3v) is 6.18. The number of methoxy groups -OCH3 is 1. The van der Waals surface area contributed by atoms with E-state index in [0.717, 1.165) is 19.3 Å². The van der Waals surface area contributed by atoms with E-state index < -0.39 is 9.84 Å². The molecule has 0 spiro atoms. The predicted octanol–water partition coefficient (Wildman–Crippen LogP) is 0.967. The fourth-order valence-corrected chi connectivity index (χ4v) is 4.66. The van der Waals surface area contributed by atoms with Gasteiger partial charge in [-0.25, -0.2) is 8.42 Å². The molecule has 3 atom stereocenters. The Kier molecular flexibility index (Phi) is 3.54. The predicted molar refractivity (Wildman–Crippen MR) is 67.8 cm³/mol. The van der Waals surface area contributed by atoms with Crippen molar-refractivity contribution in [1.29, 1.82) is 0 Å². The van der Waals surface area contributed by atoms with Gasteiger partial charge >= 0.3 is 0 Å². The van der Waals surface area contributed by atoms with Crippen molar-refractivity contribution in [2.45, 2.75) is 51.3 Å². The van der Waals surface area contributed by atoms with Crippen LogP contribution in [0.4, 0.5) is 0 Å². The molecule has 1 saturated heterocycles. The Hall–Kier alpha value is -0.130. The van der Waals surface area contributed by atoms with Crippen LogP contribution in [0.1, 0.15) is 33.1 Å². The molecule has 1 heterocycles. The van der Waals surface area contributed by atoms with Gasteiger partial charge in [-0.1, -0.05) is 13.8 Å². The molecule has 5 heteroatoms. The van der Waals surface area contributed by atoms with Crippen LogP contribution in [0.5, 0.6) is 0 Å². The summed E-state index contributed by atoms with van der Waals surface area (Å²) in [5.41, 5.74) is 0.107. The molecule has 0 radical (unpaired) electrons. The molecule has 0 bridgehead atoms. The number of nitrogens with one attached hydrogen (secondary N) is 1. The van der Waals surface area contributed by atoms with E-state index in [4.69, 9.17) is 4.74 Å². The minimum Gasteiger partial charge on any atom is -0.381 e. The molecule has 100 valence electrons. The fraction of sp³-hybridized carbons (Fsp3) is 1.00. The Bertz CT molecular complexity index is 377. The van der Waals surface area contributed by atoms with Crippen molar-refractivity contribution in [2.24, 2.45) is 5.41 Å². The van der Waals surface area contributed by atoms with E-state index in [0.29, 0.717) is 23.7 Å². The smallest absolute Gasteiger partial charge is 0.151 e. The topological polar surface area (TPSA) is 55.4 Å². The maximum absolute atomic E-state index is 11.6. The zero-order valence-electron chi connectivity index (χ0n) is 10.9. The molecule has 0 amide bonds. The molecule has 3 unspecified atom stereocenters. The van der Waals surface area contributed by atoms with Gasteiger partial charge in [-0.3, -0.25) is 0 Å². The number of sulfone groups is 1. The highest BCUT2D eigenvalue weighted by Gasteiger charge is 2.49. The van der Waals surface area contributed by atoms with Crippen LogP contribution in [-0.4, -0.2) is 45.2 Å². The van der Waals surface area contributed by atoms with Gasteiger partial charge in [-0.2, -0.15) is 0 Å². The summed E-state index contributed by atoms with van der Waals surface area (Å²) < 4.78 is 28.5. The van der Waals surface area contributed by atoms with Crippen molar-refractivity contribution in [2.75, 3.05) is 18.6 Å². The molecule has 1 saturated carbocycles. The van der Waals surface area contributed by atoms with Crippen LogP contribution in [0.3, 0.4) is 0 Å². The number of rotatable bonds is 3. The average Bonchev–Trinajstić information content (AvgIpc) is 2.22. The Balaban J connectivity index is 1.91. The zero-order chi connectivity index (χ0) is 12.7. The second-order valence-electron chi connectivity index (χ2n) is 5.95. The van der Waals surface area contributed by atoms with Crippen LogP contribution >= 0.6 is 0 Å². The van der Waals surface area contributed by atoms with Gasteiger partial charge in [0, 0.05) is 24.6 Å². The largest absolute Gasteiger partial charge is 0.381 e. The number of ether oxygens (including phenoxy) is 1. The van der Waals surface area contributed by atoms with Gasteiger partial charge < -0.3 is 10.1 Å². The summed E-state index contributed by atoms with van der Waals surface area (Å²) >= 11 is 0. The van der Waals surface area contributed by atoms with Gasteiger partial charge in [0.2, 0.25) is 0 Å². The minimum atomic E-state index is -2.81. The molecular formula is C12H23NO3S. The lowest BCUT2D eigenvalue weighted by molar-refractivity contribution is -0.0999. The first-order valence-electron chi connectivity index (χ1n) is 6.34. The van der Waals surface area contributed by atoms with Crippen LogP contribution in [0, 0.1) is 5.41 Å². The zero-order valence-corrected chi connectivity index (χ0v) is 11.7. The normalized spacial score (nSPS) is 39.6. The highest BCUT2D eigenvalue weighted by molar-refractivity contribution is 7.91. The van der Waals surface area contributed by atoms with Crippen LogP contribution in [0.15, 0.2) is 0 Å². The SMILES string of the molecule is COC1CC(NC2CCCS(=O)(=O)C2)C1(C)C. The number of hydrogen-bond acceptors (Lipinski definition) is 4. The first-order valence-corrected chi connectivity index (χ1v) is 8.16. The Labute approximate surface area is 104 Å². The molecule has 0 aromatic rings. The molecule has 4 nitrogen and oxygen atoms in total. The van der Waals surface area contributed by atoms with E-state index >= 15 is 0 Å². The summed E-state index contributed by atoms with van der Waals surface area (Å²) in [6.07, 6.45) is 3.05. The van der Waals surface area contributed by atoms with Crippen molar-refractivity contribution in [1.82, 2.24) is 5.32 Å². The van der Waals surface area contributed by atoms with E-state index in [1.54, 1.807) is 7.11 Å². The maximum Gasteiger partial charge on any atom is 0.151 e. The summed E-state index contributed by atoms with van der Waals surface area (Å²) in [4.78, 5) is 0. The lowest BCUT2D eigenvalue weighted by Crippen LogP contribution is -2.63. The quantitative estimate of drug-likeness (QED) is 0.822. The van der Waals surface area contributed by atoms with Gasteiger partial charge in [0.25, 0.3) is 0 Å². The van der Waals surface area contributed by atoms with Crippen molar-refractivity contribution < 1.29 is 13.2 Å².